The molecule has 20 heavy (non-hydrogen) atoms. The van der Waals surface area contributed by atoms with Crippen molar-refractivity contribution in [3.8, 4) is 0 Å². The number of amides is 1. The third-order valence-electron chi connectivity index (χ3n) is 3.10. The first-order chi connectivity index (χ1) is 9.32. The van der Waals surface area contributed by atoms with Crippen molar-refractivity contribution in [1.82, 2.24) is 14.9 Å². The van der Waals surface area contributed by atoms with E-state index >= 15 is 0 Å². The Morgan fingerprint density at radius 3 is 2.80 bits per heavy atom. The van der Waals surface area contributed by atoms with Crippen molar-refractivity contribution >= 4 is 11.9 Å². The van der Waals surface area contributed by atoms with E-state index in [9.17, 15) is 18.0 Å². The van der Waals surface area contributed by atoms with Crippen LogP contribution in [0.1, 0.15) is 30.3 Å². The summed E-state index contributed by atoms with van der Waals surface area (Å²) >= 11 is 0. The zero-order valence-corrected chi connectivity index (χ0v) is 10.4. The van der Waals surface area contributed by atoms with Gasteiger partial charge in [0.15, 0.2) is 0 Å². The molecule has 0 spiro atoms. The number of carbonyl (C=O) groups excluding carboxylic acids is 1. The largest absolute Gasteiger partial charge is 0.433 e. The van der Waals surface area contributed by atoms with Crippen molar-refractivity contribution in [2.75, 3.05) is 18.9 Å². The molecule has 1 aliphatic heterocycles. The molecule has 0 aliphatic carbocycles. The molecule has 1 fully saturated rings. The number of alkyl halides is 3. The van der Waals surface area contributed by atoms with Gasteiger partial charge in [-0.15, -0.1) is 0 Å². The number of nitrogens with two attached hydrogens (primary N) is 1. The van der Waals surface area contributed by atoms with Crippen molar-refractivity contribution in [2.24, 2.45) is 0 Å². The maximum atomic E-state index is 12.7. The maximum absolute atomic E-state index is 12.7. The number of nitrogen functional groups attached to an aromatic ring is 1. The summed E-state index contributed by atoms with van der Waals surface area (Å²) in [5, 5.41) is 8.87. The first-order valence-electron chi connectivity index (χ1n) is 5.95. The summed E-state index contributed by atoms with van der Waals surface area (Å²) in [6, 6.07) is 0.185. The summed E-state index contributed by atoms with van der Waals surface area (Å²) < 4.78 is 38.1. The number of nitrogens with zero attached hydrogens (tertiary/aromatic N) is 3. The van der Waals surface area contributed by atoms with E-state index in [4.69, 9.17) is 10.8 Å². The second kappa shape index (κ2) is 5.23. The van der Waals surface area contributed by atoms with Gasteiger partial charge in [0, 0.05) is 6.54 Å². The monoisotopic (exact) mass is 290 g/mol. The molecule has 110 valence electrons. The second-order valence-corrected chi connectivity index (χ2v) is 4.44. The fraction of sp³-hybridized carbons (Fsp3) is 0.545. The smallest absolute Gasteiger partial charge is 0.387 e. The third-order valence-corrected chi connectivity index (χ3v) is 3.10. The minimum Gasteiger partial charge on any atom is -0.387 e. The number of rotatable bonds is 2. The van der Waals surface area contributed by atoms with Gasteiger partial charge >= 0.3 is 6.18 Å². The van der Waals surface area contributed by atoms with E-state index in [0.29, 0.717) is 19.4 Å². The summed E-state index contributed by atoms with van der Waals surface area (Å²) in [4.78, 5) is 19.8. The maximum Gasteiger partial charge on any atom is 0.433 e. The topological polar surface area (TPSA) is 92.3 Å². The molecule has 1 amide bonds. The van der Waals surface area contributed by atoms with Gasteiger partial charge in [-0.05, 0) is 18.9 Å². The van der Waals surface area contributed by atoms with Crippen LogP contribution in [0.5, 0.6) is 0 Å². The molecule has 1 aliphatic rings. The lowest BCUT2D eigenvalue weighted by atomic mass is 10.1. The Kier molecular flexibility index (Phi) is 3.80. The lowest BCUT2D eigenvalue weighted by Gasteiger charge is -2.24. The van der Waals surface area contributed by atoms with Crippen LogP contribution in [-0.4, -0.2) is 39.0 Å². The predicted octanol–water partition coefficient (Wildman–Crippen LogP) is 0.733. The summed E-state index contributed by atoms with van der Waals surface area (Å²) in [7, 11) is 0. The van der Waals surface area contributed by atoms with Crippen LogP contribution in [0.15, 0.2) is 6.07 Å². The van der Waals surface area contributed by atoms with Gasteiger partial charge in [0.1, 0.15) is 12.3 Å². The Balaban J connectivity index is 2.37. The number of carbonyl (C=O) groups is 1. The normalized spacial score (nSPS) is 19.4. The van der Waals surface area contributed by atoms with Gasteiger partial charge < -0.3 is 15.7 Å². The Morgan fingerprint density at radius 1 is 1.50 bits per heavy atom. The molecule has 0 aromatic carbocycles. The van der Waals surface area contributed by atoms with E-state index in [2.05, 4.69) is 9.97 Å². The second-order valence-electron chi connectivity index (χ2n) is 4.44. The van der Waals surface area contributed by atoms with Crippen LogP contribution in [0, 0.1) is 0 Å². The number of aromatic nitrogens is 2. The highest BCUT2D eigenvalue weighted by Gasteiger charge is 2.36. The van der Waals surface area contributed by atoms with Crippen LogP contribution in [0.4, 0.5) is 19.1 Å². The van der Waals surface area contributed by atoms with Crippen molar-refractivity contribution in [3.05, 3.63) is 17.5 Å². The van der Waals surface area contributed by atoms with Gasteiger partial charge in [0.2, 0.25) is 11.9 Å². The SMILES string of the molecule is Nc1nc([C@H]2CCCN2C(=O)CO)cc(C(F)(F)F)n1. The van der Waals surface area contributed by atoms with E-state index in [1.54, 1.807) is 0 Å². The Morgan fingerprint density at radius 2 is 2.20 bits per heavy atom. The molecule has 1 atom stereocenters. The summed E-state index contributed by atoms with van der Waals surface area (Å²) in [5.41, 5.74) is 4.21. The molecular formula is C11H13F3N4O2. The minimum absolute atomic E-state index is 0.0455. The lowest BCUT2D eigenvalue weighted by Crippen LogP contribution is -2.33. The number of aliphatic hydroxyl groups is 1. The van der Waals surface area contributed by atoms with Crippen LogP contribution in [0.3, 0.4) is 0 Å². The average molecular weight is 290 g/mol. The molecule has 0 unspecified atom stereocenters. The molecule has 0 bridgehead atoms. The number of halogens is 3. The molecule has 1 aromatic rings. The van der Waals surface area contributed by atoms with Crippen molar-refractivity contribution in [3.63, 3.8) is 0 Å². The van der Waals surface area contributed by atoms with Crippen LogP contribution in [0.25, 0.3) is 0 Å². The minimum atomic E-state index is -4.63. The summed E-state index contributed by atoms with van der Waals surface area (Å²) in [5.74, 6) is -1.03. The van der Waals surface area contributed by atoms with Crippen LogP contribution in [0.2, 0.25) is 0 Å². The van der Waals surface area contributed by atoms with Crippen LogP contribution >= 0.6 is 0 Å². The van der Waals surface area contributed by atoms with E-state index < -0.39 is 36.4 Å². The predicted molar refractivity (Wildman–Crippen MR) is 62.2 cm³/mol. The fourth-order valence-corrected chi connectivity index (χ4v) is 2.26. The Labute approximate surface area is 112 Å². The number of anilines is 1. The Hall–Kier alpha value is -1.90. The first kappa shape index (κ1) is 14.5. The molecule has 2 rings (SSSR count). The van der Waals surface area contributed by atoms with Crippen LogP contribution in [-0.2, 0) is 11.0 Å². The van der Waals surface area contributed by atoms with Gasteiger partial charge in [-0.2, -0.15) is 13.2 Å². The standard InChI is InChI=1S/C11H13F3N4O2/c12-11(13,14)8-4-6(16-10(15)17-8)7-2-1-3-18(7)9(20)5-19/h4,7,19H,1-3,5H2,(H2,15,16,17)/t7-/m1/s1. The third kappa shape index (κ3) is 2.82. The van der Waals surface area contributed by atoms with Gasteiger partial charge in [-0.3, -0.25) is 4.79 Å². The molecule has 6 nitrogen and oxygen atoms in total. The van der Waals surface area contributed by atoms with Crippen molar-refractivity contribution in [1.29, 1.82) is 0 Å². The molecule has 0 radical (unpaired) electrons. The van der Waals surface area contributed by atoms with E-state index in [-0.39, 0.29) is 5.69 Å². The van der Waals surface area contributed by atoms with E-state index in [1.165, 1.54) is 4.90 Å². The zero-order valence-electron chi connectivity index (χ0n) is 10.4. The number of aliphatic hydroxyl groups excluding tert-OH is 1. The molecular weight excluding hydrogens is 277 g/mol. The lowest BCUT2D eigenvalue weighted by molar-refractivity contribution is -0.141. The van der Waals surface area contributed by atoms with Crippen molar-refractivity contribution < 1.29 is 23.1 Å². The van der Waals surface area contributed by atoms with Crippen molar-refractivity contribution in [2.45, 2.75) is 25.1 Å². The van der Waals surface area contributed by atoms with Crippen LogP contribution < -0.4 is 5.73 Å². The number of likely N-dealkylation sites (tertiary alicyclic amines) is 1. The highest BCUT2D eigenvalue weighted by Crippen LogP contribution is 2.34. The van der Waals surface area contributed by atoms with Gasteiger partial charge in [0.25, 0.3) is 0 Å². The molecule has 0 saturated carbocycles. The van der Waals surface area contributed by atoms with Gasteiger partial charge in [-0.25, -0.2) is 9.97 Å². The first-order valence-corrected chi connectivity index (χ1v) is 5.95. The van der Waals surface area contributed by atoms with Gasteiger partial charge in [-0.1, -0.05) is 0 Å². The quantitative estimate of drug-likeness (QED) is 0.838. The number of hydrogen-bond donors (Lipinski definition) is 2. The average Bonchev–Trinajstić information content (AvgIpc) is 2.85. The van der Waals surface area contributed by atoms with E-state index in [1.807, 2.05) is 0 Å². The summed E-state index contributed by atoms with van der Waals surface area (Å²) in [6.07, 6.45) is -3.53. The van der Waals surface area contributed by atoms with Gasteiger partial charge in [0.05, 0.1) is 11.7 Å². The zero-order chi connectivity index (χ0) is 14.9. The highest BCUT2D eigenvalue weighted by molar-refractivity contribution is 5.78. The Bertz CT molecular complexity index is 521. The highest BCUT2D eigenvalue weighted by atomic mass is 19.4. The fourth-order valence-electron chi connectivity index (χ4n) is 2.26. The molecule has 9 heteroatoms. The molecule has 1 aromatic heterocycles. The van der Waals surface area contributed by atoms with E-state index in [0.717, 1.165) is 6.07 Å². The molecule has 2 heterocycles. The summed E-state index contributed by atoms with van der Waals surface area (Å²) in [6.45, 7) is -0.321. The number of hydrogen-bond acceptors (Lipinski definition) is 5. The molecule has 1 saturated heterocycles. The molecule has 3 N–H and O–H groups in total.